The third-order valence-corrected chi connectivity index (χ3v) is 11.5. The van der Waals surface area contributed by atoms with E-state index in [-0.39, 0.29) is 36.7 Å². The number of amides is 3. The molecule has 5 heterocycles. The van der Waals surface area contributed by atoms with Crippen molar-refractivity contribution in [3.8, 4) is 16.9 Å². The number of carbonyl (C=O) groups excluding carboxylic acids is 3. The maximum atomic E-state index is 13.5. The summed E-state index contributed by atoms with van der Waals surface area (Å²) in [5, 5.41) is 19.3. The summed E-state index contributed by atoms with van der Waals surface area (Å²) in [7, 11) is 1.63. The molecule has 63 heavy (non-hydrogen) atoms. The Morgan fingerprint density at radius 3 is 2.46 bits per heavy atom. The van der Waals surface area contributed by atoms with E-state index in [1.807, 2.05) is 49.7 Å². The molecule has 1 aliphatic carbocycles. The normalized spacial score (nSPS) is 15.3. The average Bonchev–Trinajstić information content (AvgIpc) is 3.83. The lowest BCUT2D eigenvalue weighted by Gasteiger charge is -2.20. The minimum Gasteiger partial charge on any atom is -0.496 e. The number of carbonyl (C=O) groups is 3. The van der Waals surface area contributed by atoms with Crippen LogP contribution >= 0.6 is 0 Å². The first kappa shape index (κ1) is 43.5. The fourth-order valence-electron chi connectivity index (χ4n) is 8.09. The monoisotopic (exact) mass is 861 g/mol. The molecule has 0 bridgehead atoms. The molecule has 0 radical (unpaired) electrons. The number of aromatic nitrogens is 6. The Balaban J connectivity index is 0.810. The van der Waals surface area contributed by atoms with E-state index in [1.54, 1.807) is 7.11 Å². The van der Waals surface area contributed by atoms with Gasteiger partial charge in [0, 0.05) is 60.5 Å². The molecule has 1 aliphatic heterocycles. The van der Waals surface area contributed by atoms with E-state index in [9.17, 15) is 14.4 Å². The number of H-pyrrole nitrogens is 1. The summed E-state index contributed by atoms with van der Waals surface area (Å²) in [4.78, 5) is 50.0. The number of hydrogen-bond acceptors (Lipinski definition) is 13. The summed E-state index contributed by atoms with van der Waals surface area (Å²) >= 11 is 0. The molecule has 2 aromatic carbocycles. The molecule has 17 heteroatoms. The fraction of sp³-hybridized carbons (Fsp3) is 0.457. The van der Waals surface area contributed by atoms with Gasteiger partial charge in [-0.2, -0.15) is 5.10 Å². The maximum Gasteiger partial charge on any atom is 0.289 e. The largest absolute Gasteiger partial charge is 0.496 e. The molecule has 1 atom stereocenters. The molecule has 8 rings (SSSR count). The highest BCUT2D eigenvalue weighted by atomic mass is 16.5. The third-order valence-electron chi connectivity index (χ3n) is 11.5. The van der Waals surface area contributed by atoms with Gasteiger partial charge in [-0.3, -0.25) is 19.7 Å². The van der Waals surface area contributed by atoms with Crippen LogP contribution in [0.5, 0.6) is 5.75 Å². The van der Waals surface area contributed by atoms with Crippen molar-refractivity contribution in [1.29, 1.82) is 0 Å². The number of nitrogens with one attached hydrogen (secondary N) is 4. The van der Waals surface area contributed by atoms with Crippen LogP contribution in [0.25, 0.3) is 33.1 Å². The van der Waals surface area contributed by atoms with Crippen LogP contribution in [0.15, 0.2) is 47.0 Å². The van der Waals surface area contributed by atoms with Crippen LogP contribution in [0, 0.1) is 19.8 Å². The van der Waals surface area contributed by atoms with Crippen molar-refractivity contribution in [3.63, 3.8) is 0 Å². The Hall–Kier alpha value is -6.17. The zero-order chi connectivity index (χ0) is 43.9. The molecule has 332 valence electrons. The Bertz CT molecular complexity index is 2570. The second-order valence-electron chi connectivity index (χ2n) is 16.1. The molecular weight excluding hydrogens is 807 g/mol. The molecule has 1 unspecified atom stereocenters. The highest BCUT2D eigenvalue weighted by Crippen LogP contribution is 2.43. The minimum absolute atomic E-state index is 0.000999. The van der Waals surface area contributed by atoms with Gasteiger partial charge in [0.1, 0.15) is 28.8 Å². The number of fused-ring (bicyclic) bond motifs is 3. The van der Waals surface area contributed by atoms with Gasteiger partial charge >= 0.3 is 0 Å². The molecule has 4 N–H and O–H groups in total. The first-order chi connectivity index (χ1) is 30.7. The molecule has 6 aromatic rings. The van der Waals surface area contributed by atoms with Crippen molar-refractivity contribution in [3.05, 3.63) is 76.6 Å². The van der Waals surface area contributed by atoms with E-state index in [2.05, 4.69) is 44.3 Å². The van der Waals surface area contributed by atoms with Crippen molar-refractivity contribution >= 4 is 51.3 Å². The smallest absolute Gasteiger partial charge is 0.289 e. The number of methoxy groups -OCH3 is 1. The van der Waals surface area contributed by atoms with Crippen LogP contribution in [0.2, 0.25) is 0 Å². The van der Waals surface area contributed by atoms with Crippen LogP contribution in [0.1, 0.15) is 83.8 Å². The zero-order valence-electron chi connectivity index (χ0n) is 36.3. The molecule has 2 aliphatic rings. The molecule has 2 fully saturated rings. The number of aryl methyl sites for hydroxylation is 4. The number of nitrogens with zero attached hydrogens (tertiary/aromatic N) is 5. The van der Waals surface area contributed by atoms with Gasteiger partial charge in [0.15, 0.2) is 0 Å². The molecule has 1 saturated heterocycles. The Morgan fingerprint density at radius 1 is 0.952 bits per heavy atom. The molecule has 17 nitrogen and oxygen atoms in total. The second-order valence-corrected chi connectivity index (χ2v) is 16.1. The highest BCUT2D eigenvalue weighted by Gasteiger charge is 2.29. The molecular formula is C46H55N9O8. The van der Waals surface area contributed by atoms with Crippen molar-refractivity contribution in [2.75, 3.05) is 58.6 Å². The van der Waals surface area contributed by atoms with Crippen molar-refractivity contribution in [1.82, 2.24) is 40.5 Å². The number of piperidine rings is 1. The van der Waals surface area contributed by atoms with E-state index < -0.39 is 5.91 Å². The molecule has 4 aromatic heterocycles. The van der Waals surface area contributed by atoms with E-state index in [0.29, 0.717) is 93.1 Å². The number of ether oxygens (including phenoxy) is 4. The molecule has 1 saturated carbocycles. The SMILES string of the molecule is CCn1nc(C2CC2)cc1Nc1nc(C(=O)NCCOCCOCCOCCCc2cccc(CC3CCC(=O)NC3=O)c2)nc2[nH]c3cc(-c4c(C)noc4C)c(OC)cc3c12. The first-order valence-corrected chi connectivity index (χ1v) is 21.8. The zero-order valence-corrected chi connectivity index (χ0v) is 36.3. The van der Waals surface area contributed by atoms with Crippen LogP contribution in [-0.4, -0.2) is 101 Å². The lowest BCUT2D eigenvalue weighted by molar-refractivity contribution is -0.136. The van der Waals surface area contributed by atoms with Gasteiger partial charge in [0.2, 0.25) is 17.6 Å². The Labute approximate surface area is 365 Å². The number of imide groups is 1. The quantitative estimate of drug-likeness (QED) is 0.0441. The number of benzene rings is 2. The lowest BCUT2D eigenvalue weighted by Crippen LogP contribution is -2.41. The topological polar surface area (TPSA) is 210 Å². The summed E-state index contributed by atoms with van der Waals surface area (Å²) in [5.74, 6) is 2.06. The fourth-order valence-corrected chi connectivity index (χ4v) is 8.09. The second kappa shape index (κ2) is 19.9. The highest BCUT2D eigenvalue weighted by molar-refractivity contribution is 6.14. The number of rotatable bonds is 22. The van der Waals surface area contributed by atoms with Gasteiger partial charge in [0.25, 0.3) is 5.91 Å². The van der Waals surface area contributed by atoms with E-state index in [0.717, 1.165) is 70.5 Å². The molecule has 3 amide bonds. The van der Waals surface area contributed by atoms with Crippen LogP contribution in [0.3, 0.4) is 0 Å². The molecule has 0 spiro atoms. The van der Waals surface area contributed by atoms with Gasteiger partial charge < -0.3 is 39.1 Å². The summed E-state index contributed by atoms with van der Waals surface area (Å²) < 4.78 is 30.4. The predicted molar refractivity (Wildman–Crippen MR) is 235 cm³/mol. The van der Waals surface area contributed by atoms with Crippen molar-refractivity contribution in [2.24, 2.45) is 5.92 Å². The van der Waals surface area contributed by atoms with E-state index in [4.69, 9.17) is 38.5 Å². The third kappa shape index (κ3) is 10.4. The summed E-state index contributed by atoms with van der Waals surface area (Å²) in [6, 6.07) is 14.3. The van der Waals surface area contributed by atoms with E-state index in [1.165, 1.54) is 5.56 Å². The predicted octanol–water partition coefficient (Wildman–Crippen LogP) is 6.24. The van der Waals surface area contributed by atoms with Gasteiger partial charge in [-0.15, -0.1) is 0 Å². The minimum atomic E-state index is -0.438. The Morgan fingerprint density at radius 2 is 1.73 bits per heavy atom. The standard InChI is InChI=1S/C46H55N9O8/c1-5-55-38(26-35(53-55)31-11-12-31)49-43-41-33-25-37(59-4)34(40-27(2)54-63-28(40)3)24-36(33)48-42(41)51-44(52-43)46(58)47-15-17-61-19-21-62-20-18-60-16-7-10-29-8-6-9-30(22-29)23-32-13-14-39(56)50-45(32)57/h6,8-9,22,24-26,31-32H,5,7,10-21,23H2,1-4H3,(H,47,58)(H,50,56,57)(H2,48,49,51,52). The number of hydrogen-bond donors (Lipinski definition) is 4. The Kier molecular flexibility index (Phi) is 13.7. The van der Waals surface area contributed by atoms with Crippen molar-refractivity contribution in [2.45, 2.75) is 78.2 Å². The number of anilines is 2. The average molecular weight is 862 g/mol. The van der Waals surface area contributed by atoms with Crippen molar-refractivity contribution < 1.29 is 37.9 Å². The lowest BCUT2D eigenvalue weighted by atomic mass is 9.90. The van der Waals surface area contributed by atoms with Crippen LogP contribution in [-0.2, 0) is 43.2 Å². The van der Waals surface area contributed by atoms with Gasteiger partial charge in [-0.25, -0.2) is 14.6 Å². The van der Waals surface area contributed by atoms with Gasteiger partial charge in [-0.1, -0.05) is 29.4 Å². The maximum absolute atomic E-state index is 13.5. The van der Waals surface area contributed by atoms with Crippen LogP contribution in [0.4, 0.5) is 11.6 Å². The summed E-state index contributed by atoms with van der Waals surface area (Å²) in [6.07, 6.45) is 5.60. The van der Waals surface area contributed by atoms with Gasteiger partial charge in [0.05, 0.1) is 62.5 Å². The first-order valence-electron chi connectivity index (χ1n) is 21.8. The van der Waals surface area contributed by atoms with Gasteiger partial charge in [-0.05, 0) is 82.6 Å². The van der Waals surface area contributed by atoms with E-state index >= 15 is 0 Å². The summed E-state index contributed by atoms with van der Waals surface area (Å²) in [5.41, 5.74) is 7.03. The number of aromatic amines is 1. The van der Waals surface area contributed by atoms with Crippen LogP contribution < -0.4 is 20.7 Å². The summed E-state index contributed by atoms with van der Waals surface area (Å²) in [6.45, 7) is 9.28.